The minimum Gasteiger partial charge on any atom is -0.507 e. The molecule has 0 aliphatic rings. The van der Waals surface area contributed by atoms with Gasteiger partial charge in [0.25, 0.3) is 0 Å². The molecule has 0 aromatic heterocycles. The molecule has 0 heterocycles. The van der Waals surface area contributed by atoms with Crippen molar-refractivity contribution in [1.82, 2.24) is 0 Å². The summed E-state index contributed by atoms with van der Waals surface area (Å²) in [6.45, 7) is 1.73. The van der Waals surface area contributed by atoms with Crippen molar-refractivity contribution in [3.63, 3.8) is 0 Å². The molecular formula is C15H13BrF3NO2. The Hall–Kier alpha value is -1.73. The largest absolute Gasteiger partial charge is 0.573 e. The zero-order valence-electron chi connectivity index (χ0n) is 11.5. The van der Waals surface area contributed by atoms with Gasteiger partial charge in [-0.3, -0.25) is 0 Å². The quantitative estimate of drug-likeness (QED) is 0.835. The van der Waals surface area contributed by atoms with E-state index in [9.17, 15) is 18.3 Å². The molecule has 3 N–H and O–H groups in total. The normalized spacial score (nSPS) is 13.0. The van der Waals surface area contributed by atoms with Gasteiger partial charge in [-0.05, 0) is 42.3 Å². The summed E-state index contributed by atoms with van der Waals surface area (Å²) in [7, 11) is 0. The molecule has 0 amide bonds. The maximum absolute atomic E-state index is 12.1. The molecule has 0 saturated carbocycles. The number of rotatable bonds is 3. The van der Waals surface area contributed by atoms with Crippen molar-refractivity contribution < 1.29 is 23.0 Å². The van der Waals surface area contributed by atoms with Gasteiger partial charge in [-0.1, -0.05) is 28.1 Å². The molecule has 0 unspecified atom stereocenters. The molecule has 2 aromatic rings. The standard InChI is InChI=1S/C15H13BrF3NO2/c1-8-6-10(16)7-12(14(8)21)13(20)9-2-4-11(5-3-9)22-15(17,18)19/h2-7,13,21H,20H2,1H3/t13-/m0/s1. The molecule has 0 aliphatic heterocycles. The number of ether oxygens (including phenoxy) is 1. The molecule has 22 heavy (non-hydrogen) atoms. The number of nitrogens with two attached hydrogens (primary N) is 1. The van der Waals surface area contributed by atoms with Gasteiger partial charge in [0.15, 0.2) is 0 Å². The smallest absolute Gasteiger partial charge is 0.507 e. The Morgan fingerprint density at radius 1 is 1.18 bits per heavy atom. The fourth-order valence-corrected chi connectivity index (χ4v) is 2.64. The molecule has 0 spiro atoms. The topological polar surface area (TPSA) is 55.5 Å². The van der Waals surface area contributed by atoms with Crippen molar-refractivity contribution in [3.8, 4) is 11.5 Å². The van der Waals surface area contributed by atoms with Crippen LogP contribution < -0.4 is 10.5 Å². The van der Waals surface area contributed by atoms with Crippen molar-refractivity contribution in [1.29, 1.82) is 0 Å². The van der Waals surface area contributed by atoms with Crippen molar-refractivity contribution in [2.24, 2.45) is 5.73 Å². The second kappa shape index (κ2) is 6.18. The molecule has 2 aromatic carbocycles. The second-order valence-corrected chi connectivity index (χ2v) is 5.67. The minimum absolute atomic E-state index is 0.0614. The third kappa shape index (κ3) is 3.92. The molecule has 1 atom stereocenters. The van der Waals surface area contributed by atoms with Crippen LogP contribution in [0.25, 0.3) is 0 Å². The molecule has 0 aliphatic carbocycles. The Bertz CT molecular complexity index is 672. The van der Waals surface area contributed by atoms with Gasteiger partial charge in [0.2, 0.25) is 0 Å². The van der Waals surface area contributed by atoms with E-state index in [1.54, 1.807) is 19.1 Å². The summed E-state index contributed by atoms with van der Waals surface area (Å²) in [4.78, 5) is 0. The summed E-state index contributed by atoms with van der Waals surface area (Å²) in [5.74, 6) is -0.260. The summed E-state index contributed by atoms with van der Waals surface area (Å²) in [5, 5.41) is 10.1. The van der Waals surface area contributed by atoms with Crippen LogP contribution in [0.2, 0.25) is 0 Å². The van der Waals surface area contributed by atoms with E-state index < -0.39 is 12.4 Å². The molecule has 118 valence electrons. The van der Waals surface area contributed by atoms with E-state index in [1.165, 1.54) is 24.3 Å². The van der Waals surface area contributed by atoms with Crippen LogP contribution in [0, 0.1) is 6.92 Å². The van der Waals surface area contributed by atoms with Crippen LogP contribution in [-0.2, 0) is 0 Å². The highest BCUT2D eigenvalue weighted by Gasteiger charge is 2.31. The number of hydrogen-bond acceptors (Lipinski definition) is 3. The van der Waals surface area contributed by atoms with E-state index in [1.807, 2.05) is 0 Å². The van der Waals surface area contributed by atoms with Crippen LogP contribution in [0.1, 0.15) is 22.7 Å². The van der Waals surface area contributed by atoms with Crippen LogP contribution in [-0.4, -0.2) is 11.5 Å². The first-order valence-electron chi connectivity index (χ1n) is 6.27. The van der Waals surface area contributed by atoms with Gasteiger partial charge in [-0.15, -0.1) is 13.2 Å². The first-order valence-corrected chi connectivity index (χ1v) is 7.07. The number of benzene rings is 2. The summed E-state index contributed by atoms with van der Waals surface area (Å²) in [6, 6.07) is 7.98. The summed E-state index contributed by atoms with van der Waals surface area (Å²) >= 11 is 3.32. The van der Waals surface area contributed by atoms with E-state index in [-0.39, 0.29) is 11.5 Å². The molecule has 0 radical (unpaired) electrons. The SMILES string of the molecule is Cc1cc(Br)cc([C@@H](N)c2ccc(OC(F)(F)F)cc2)c1O. The van der Waals surface area contributed by atoms with E-state index >= 15 is 0 Å². The van der Waals surface area contributed by atoms with Gasteiger partial charge in [-0.2, -0.15) is 0 Å². The lowest BCUT2D eigenvalue weighted by atomic mass is 9.97. The van der Waals surface area contributed by atoms with Crippen LogP contribution in [0.4, 0.5) is 13.2 Å². The maximum Gasteiger partial charge on any atom is 0.573 e. The molecule has 7 heteroatoms. The number of alkyl halides is 3. The lowest BCUT2D eigenvalue weighted by molar-refractivity contribution is -0.274. The Kier molecular flexibility index (Phi) is 4.67. The van der Waals surface area contributed by atoms with Gasteiger partial charge in [0.1, 0.15) is 11.5 Å². The first kappa shape index (κ1) is 16.6. The summed E-state index contributed by atoms with van der Waals surface area (Å²) in [5.41, 5.74) is 7.78. The van der Waals surface area contributed by atoms with Crippen LogP contribution in [0.5, 0.6) is 11.5 Å². The fraction of sp³-hybridized carbons (Fsp3) is 0.200. The first-order chi connectivity index (χ1) is 10.2. The summed E-state index contributed by atoms with van der Waals surface area (Å²) in [6.07, 6.45) is -4.73. The van der Waals surface area contributed by atoms with Crippen LogP contribution >= 0.6 is 15.9 Å². The number of aromatic hydroxyl groups is 1. The zero-order valence-corrected chi connectivity index (χ0v) is 13.1. The molecule has 0 bridgehead atoms. The number of hydrogen-bond donors (Lipinski definition) is 2. The molecule has 0 fully saturated rings. The van der Waals surface area contributed by atoms with Crippen LogP contribution in [0.15, 0.2) is 40.9 Å². The van der Waals surface area contributed by atoms with Gasteiger partial charge in [0.05, 0.1) is 6.04 Å². The third-order valence-electron chi connectivity index (χ3n) is 3.10. The molecule has 0 saturated heterocycles. The average molecular weight is 376 g/mol. The van der Waals surface area contributed by atoms with Gasteiger partial charge in [-0.25, -0.2) is 0 Å². The Morgan fingerprint density at radius 2 is 1.77 bits per heavy atom. The van der Waals surface area contributed by atoms with Gasteiger partial charge < -0.3 is 15.6 Å². The van der Waals surface area contributed by atoms with E-state index in [0.29, 0.717) is 16.7 Å². The number of phenolic OH excluding ortho intramolecular Hbond substituents is 1. The number of halogens is 4. The zero-order chi connectivity index (χ0) is 16.5. The van der Waals surface area contributed by atoms with Crippen molar-refractivity contribution in [3.05, 3.63) is 57.6 Å². The predicted molar refractivity (Wildman–Crippen MR) is 79.7 cm³/mol. The number of phenols is 1. The Morgan fingerprint density at radius 3 is 2.32 bits per heavy atom. The Balaban J connectivity index is 2.29. The average Bonchev–Trinajstić information content (AvgIpc) is 2.41. The highest BCUT2D eigenvalue weighted by Crippen LogP contribution is 2.34. The number of aryl methyl sites for hydroxylation is 1. The Labute approximate surface area is 133 Å². The van der Waals surface area contributed by atoms with E-state index in [0.717, 1.165) is 4.47 Å². The lowest BCUT2D eigenvalue weighted by Gasteiger charge is -2.17. The maximum atomic E-state index is 12.1. The predicted octanol–water partition coefficient (Wildman–Crippen LogP) is 4.41. The van der Waals surface area contributed by atoms with Crippen LogP contribution in [0.3, 0.4) is 0 Å². The third-order valence-corrected chi connectivity index (χ3v) is 3.56. The highest BCUT2D eigenvalue weighted by atomic mass is 79.9. The lowest BCUT2D eigenvalue weighted by Crippen LogP contribution is -2.17. The van der Waals surface area contributed by atoms with E-state index in [4.69, 9.17) is 5.73 Å². The molecule has 3 nitrogen and oxygen atoms in total. The fourth-order valence-electron chi connectivity index (χ4n) is 2.05. The monoisotopic (exact) mass is 375 g/mol. The van der Waals surface area contributed by atoms with E-state index in [2.05, 4.69) is 20.7 Å². The van der Waals surface area contributed by atoms with Gasteiger partial charge >= 0.3 is 6.36 Å². The minimum atomic E-state index is -4.73. The van der Waals surface area contributed by atoms with Crippen molar-refractivity contribution in [2.45, 2.75) is 19.3 Å². The summed E-state index contributed by atoms with van der Waals surface area (Å²) < 4.78 is 40.9. The second-order valence-electron chi connectivity index (χ2n) is 4.76. The highest BCUT2D eigenvalue weighted by molar-refractivity contribution is 9.10. The van der Waals surface area contributed by atoms with Crippen molar-refractivity contribution in [2.75, 3.05) is 0 Å². The molecular weight excluding hydrogens is 363 g/mol. The molecule has 2 rings (SSSR count). The van der Waals surface area contributed by atoms with Gasteiger partial charge in [0, 0.05) is 10.0 Å². The van der Waals surface area contributed by atoms with Crippen molar-refractivity contribution >= 4 is 15.9 Å².